The van der Waals surface area contributed by atoms with Gasteiger partial charge >= 0.3 is 0 Å². The fraction of sp³-hybridized carbons (Fsp3) is 0.182. The van der Waals surface area contributed by atoms with Gasteiger partial charge in [-0.25, -0.2) is 4.68 Å². The molecule has 1 aliphatic rings. The predicted molar refractivity (Wildman–Crippen MR) is 55.8 cm³/mol. The molecule has 1 aromatic heterocycles. The van der Waals surface area contributed by atoms with Crippen LogP contribution in [-0.2, 0) is 6.42 Å². The lowest BCUT2D eigenvalue weighted by Gasteiger charge is -2.04. The Hall–Kier alpha value is -1.77. The van der Waals surface area contributed by atoms with Gasteiger partial charge in [0.05, 0.1) is 5.69 Å². The van der Waals surface area contributed by atoms with Gasteiger partial charge in [0, 0.05) is 24.6 Å². The van der Waals surface area contributed by atoms with Crippen LogP contribution >= 0.6 is 0 Å². The van der Waals surface area contributed by atoms with E-state index in [1.54, 1.807) is 6.20 Å². The number of aromatic nitrogens is 2. The van der Waals surface area contributed by atoms with Crippen LogP contribution in [0.1, 0.15) is 5.56 Å². The molecule has 0 bridgehead atoms. The normalized spacial score (nSPS) is 13.7. The molecule has 0 amide bonds. The van der Waals surface area contributed by atoms with Crippen molar-refractivity contribution in [2.24, 2.45) is 0 Å². The first-order valence-electron chi connectivity index (χ1n) is 4.80. The van der Waals surface area contributed by atoms with Crippen LogP contribution in [0.3, 0.4) is 0 Å². The van der Waals surface area contributed by atoms with Gasteiger partial charge in [-0.1, -0.05) is 0 Å². The lowest BCUT2D eigenvalue weighted by molar-refractivity contribution is 0.878. The number of hydrogen-bond acceptors (Lipinski definition) is 2. The largest absolute Gasteiger partial charge is 0.384 e. The predicted octanol–water partition coefficient (Wildman–Crippen LogP) is 1.84. The molecule has 3 nitrogen and oxygen atoms in total. The molecule has 0 aliphatic carbocycles. The SMILES string of the molecule is c1cnn(-c2ccc3c(c2)CCN3)c1. The van der Waals surface area contributed by atoms with Crippen molar-refractivity contribution in [1.82, 2.24) is 9.78 Å². The Morgan fingerprint density at radius 2 is 2.36 bits per heavy atom. The average Bonchev–Trinajstić information content (AvgIpc) is 2.88. The third kappa shape index (κ3) is 1.09. The molecule has 0 radical (unpaired) electrons. The van der Waals surface area contributed by atoms with E-state index in [2.05, 4.69) is 28.6 Å². The lowest BCUT2D eigenvalue weighted by atomic mass is 10.1. The topological polar surface area (TPSA) is 29.9 Å². The highest BCUT2D eigenvalue weighted by atomic mass is 15.3. The minimum absolute atomic E-state index is 1.05. The Bertz CT molecular complexity index is 446. The molecular formula is C11H11N3. The van der Waals surface area contributed by atoms with Crippen LogP contribution in [0.5, 0.6) is 0 Å². The van der Waals surface area contributed by atoms with Gasteiger partial charge in [-0.15, -0.1) is 0 Å². The van der Waals surface area contributed by atoms with Gasteiger partial charge in [-0.3, -0.25) is 0 Å². The molecule has 0 saturated heterocycles. The van der Waals surface area contributed by atoms with E-state index in [-0.39, 0.29) is 0 Å². The second kappa shape index (κ2) is 2.87. The molecule has 2 aromatic rings. The van der Waals surface area contributed by atoms with Gasteiger partial charge in [0.2, 0.25) is 0 Å². The van der Waals surface area contributed by atoms with Crippen LogP contribution < -0.4 is 5.32 Å². The highest BCUT2D eigenvalue weighted by Crippen LogP contribution is 2.24. The highest BCUT2D eigenvalue weighted by Gasteiger charge is 2.10. The second-order valence-electron chi connectivity index (χ2n) is 3.47. The van der Waals surface area contributed by atoms with Crippen molar-refractivity contribution in [3.05, 3.63) is 42.2 Å². The molecule has 0 unspecified atom stereocenters. The summed E-state index contributed by atoms with van der Waals surface area (Å²) in [6.45, 7) is 1.05. The Morgan fingerprint density at radius 1 is 1.36 bits per heavy atom. The molecule has 3 rings (SSSR count). The lowest BCUT2D eigenvalue weighted by Crippen LogP contribution is -1.94. The summed E-state index contributed by atoms with van der Waals surface area (Å²) >= 11 is 0. The maximum absolute atomic E-state index is 4.21. The zero-order valence-electron chi connectivity index (χ0n) is 7.77. The third-order valence-corrected chi connectivity index (χ3v) is 2.57. The van der Waals surface area contributed by atoms with Crippen molar-refractivity contribution in [1.29, 1.82) is 0 Å². The van der Waals surface area contributed by atoms with Crippen molar-refractivity contribution in [3.8, 4) is 5.69 Å². The van der Waals surface area contributed by atoms with Gasteiger partial charge in [-0.2, -0.15) is 5.10 Å². The summed E-state index contributed by atoms with van der Waals surface area (Å²) in [4.78, 5) is 0. The van der Waals surface area contributed by atoms with Crippen LogP contribution in [0.2, 0.25) is 0 Å². The number of benzene rings is 1. The number of fused-ring (bicyclic) bond motifs is 1. The van der Waals surface area contributed by atoms with Crippen LogP contribution in [0, 0.1) is 0 Å². The van der Waals surface area contributed by atoms with E-state index < -0.39 is 0 Å². The zero-order valence-corrected chi connectivity index (χ0v) is 7.77. The molecule has 0 fully saturated rings. The van der Waals surface area contributed by atoms with E-state index in [0.717, 1.165) is 18.7 Å². The Balaban J connectivity index is 2.09. The van der Waals surface area contributed by atoms with Crippen LogP contribution in [0.15, 0.2) is 36.7 Å². The molecule has 0 saturated carbocycles. The van der Waals surface area contributed by atoms with E-state index in [4.69, 9.17) is 0 Å². The average molecular weight is 185 g/mol. The quantitative estimate of drug-likeness (QED) is 0.734. The van der Waals surface area contributed by atoms with E-state index in [0.29, 0.717) is 0 Å². The molecular weight excluding hydrogens is 174 g/mol. The molecule has 0 spiro atoms. The van der Waals surface area contributed by atoms with Gasteiger partial charge < -0.3 is 5.32 Å². The molecule has 3 heteroatoms. The number of anilines is 1. The monoisotopic (exact) mass is 185 g/mol. The van der Waals surface area contributed by atoms with Gasteiger partial charge in [0.1, 0.15) is 0 Å². The van der Waals surface area contributed by atoms with E-state index in [9.17, 15) is 0 Å². The summed E-state index contributed by atoms with van der Waals surface area (Å²) in [5.74, 6) is 0. The third-order valence-electron chi connectivity index (χ3n) is 2.57. The van der Waals surface area contributed by atoms with E-state index >= 15 is 0 Å². The fourth-order valence-corrected chi connectivity index (χ4v) is 1.86. The number of hydrogen-bond donors (Lipinski definition) is 1. The van der Waals surface area contributed by atoms with Crippen molar-refractivity contribution < 1.29 is 0 Å². The van der Waals surface area contributed by atoms with Crippen LogP contribution in [0.4, 0.5) is 5.69 Å². The molecule has 1 N–H and O–H groups in total. The first-order chi connectivity index (χ1) is 6.93. The first kappa shape index (κ1) is 7.62. The minimum atomic E-state index is 1.05. The van der Waals surface area contributed by atoms with Crippen molar-refractivity contribution >= 4 is 5.69 Å². The molecule has 70 valence electrons. The second-order valence-corrected chi connectivity index (χ2v) is 3.47. The maximum atomic E-state index is 4.21. The summed E-state index contributed by atoms with van der Waals surface area (Å²) in [6, 6.07) is 8.34. The van der Waals surface area contributed by atoms with Crippen molar-refractivity contribution in [3.63, 3.8) is 0 Å². The van der Waals surface area contributed by atoms with Crippen molar-refractivity contribution in [2.75, 3.05) is 11.9 Å². The molecule has 1 aromatic carbocycles. The van der Waals surface area contributed by atoms with Gasteiger partial charge in [0.15, 0.2) is 0 Å². The molecule has 0 atom stereocenters. The summed E-state index contributed by atoms with van der Waals surface area (Å²) in [6.07, 6.45) is 4.88. The van der Waals surface area contributed by atoms with Crippen molar-refractivity contribution in [2.45, 2.75) is 6.42 Å². The van der Waals surface area contributed by atoms with Crippen LogP contribution in [-0.4, -0.2) is 16.3 Å². The Kier molecular flexibility index (Phi) is 1.56. The fourth-order valence-electron chi connectivity index (χ4n) is 1.86. The van der Waals surface area contributed by atoms with E-state index in [1.807, 2.05) is 16.9 Å². The molecule has 14 heavy (non-hydrogen) atoms. The van der Waals surface area contributed by atoms with Gasteiger partial charge in [-0.05, 0) is 36.2 Å². The summed E-state index contributed by atoms with van der Waals surface area (Å²) in [5, 5.41) is 7.55. The van der Waals surface area contributed by atoms with Gasteiger partial charge in [0.25, 0.3) is 0 Å². The Labute approximate surface area is 82.4 Å². The standard InChI is InChI=1S/C11H11N3/c1-5-13-14(7-1)10-2-3-11-9(8-10)4-6-12-11/h1-3,5,7-8,12H,4,6H2. The molecule has 2 heterocycles. The smallest absolute Gasteiger partial charge is 0.0649 e. The molecule has 1 aliphatic heterocycles. The van der Waals surface area contributed by atoms with Crippen LogP contribution in [0.25, 0.3) is 5.69 Å². The number of rotatable bonds is 1. The van der Waals surface area contributed by atoms with E-state index in [1.165, 1.54) is 11.3 Å². The maximum Gasteiger partial charge on any atom is 0.0649 e. The summed E-state index contributed by atoms with van der Waals surface area (Å²) in [5.41, 5.74) is 3.79. The number of nitrogens with zero attached hydrogens (tertiary/aromatic N) is 2. The highest BCUT2D eigenvalue weighted by molar-refractivity contribution is 5.59. The zero-order chi connectivity index (χ0) is 9.38. The first-order valence-corrected chi connectivity index (χ1v) is 4.80. The minimum Gasteiger partial charge on any atom is -0.384 e. The summed E-state index contributed by atoms with van der Waals surface area (Å²) < 4.78 is 1.89. The number of nitrogens with one attached hydrogen (secondary N) is 1. The Morgan fingerprint density at radius 3 is 3.21 bits per heavy atom. The summed E-state index contributed by atoms with van der Waals surface area (Å²) in [7, 11) is 0.